The smallest absolute Gasteiger partial charge is 0.222 e. The van der Waals surface area contributed by atoms with Gasteiger partial charge in [0.05, 0.1) is 25.8 Å². The van der Waals surface area contributed by atoms with E-state index in [0.717, 1.165) is 50.5 Å². The van der Waals surface area contributed by atoms with Crippen molar-refractivity contribution in [3.63, 3.8) is 0 Å². The summed E-state index contributed by atoms with van der Waals surface area (Å²) in [5.41, 5.74) is 2.35. The molecule has 2 bridgehead atoms. The van der Waals surface area contributed by atoms with E-state index in [4.69, 9.17) is 4.74 Å². The zero-order valence-electron chi connectivity index (χ0n) is 17.5. The molecule has 158 valence electrons. The fourth-order valence-electron chi connectivity index (χ4n) is 4.79. The lowest BCUT2D eigenvalue weighted by Crippen LogP contribution is -2.45. The summed E-state index contributed by atoms with van der Waals surface area (Å²) in [6, 6.07) is 8.49. The van der Waals surface area contributed by atoms with Crippen LogP contribution in [0.1, 0.15) is 17.8 Å². The average Bonchev–Trinajstić information content (AvgIpc) is 3.22. The second-order valence-electron chi connectivity index (χ2n) is 8.60. The zero-order valence-corrected chi connectivity index (χ0v) is 17.5. The molecule has 7 heteroatoms. The predicted molar refractivity (Wildman–Crippen MR) is 115 cm³/mol. The summed E-state index contributed by atoms with van der Waals surface area (Å²) in [6.45, 7) is 4.65. The average molecular weight is 408 g/mol. The van der Waals surface area contributed by atoms with Crippen molar-refractivity contribution >= 4 is 16.8 Å². The maximum Gasteiger partial charge on any atom is 0.222 e. The quantitative estimate of drug-likeness (QED) is 0.704. The molecule has 4 heterocycles. The normalized spacial score (nSPS) is 22.4. The number of aryl methyl sites for hydroxylation is 2. The highest BCUT2D eigenvalue weighted by Crippen LogP contribution is 2.23. The molecule has 0 spiro atoms. The highest BCUT2D eigenvalue weighted by molar-refractivity contribution is 5.84. The number of fused-ring (bicyclic) bond motifs is 4. The summed E-state index contributed by atoms with van der Waals surface area (Å²) in [6.07, 6.45) is 7.17. The number of ether oxygens (including phenoxy) is 1. The van der Waals surface area contributed by atoms with Crippen LogP contribution in [-0.2, 0) is 29.5 Å². The summed E-state index contributed by atoms with van der Waals surface area (Å²) in [4.78, 5) is 25.5. The number of rotatable bonds is 5. The van der Waals surface area contributed by atoms with Crippen LogP contribution in [0.3, 0.4) is 0 Å². The number of imidazole rings is 1. The molecule has 0 unspecified atom stereocenters. The van der Waals surface area contributed by atoms with Crippen LogP contribution in [0.15, 0.2) is 42.9 Å². The number of benzene rings is 1. The number of carbonyl (C=O) groups is 1. The number of nitrogens with zero attached hydrogens (tertiary/aromatic N) is 4. The van der Waals surface area contributed by atoms with Gasteiger partial charge >= 0.3 is 0 Å². The van der Waals surface area contributed by atoms with Gasteiger partial charge in [-0.2, -0.15) is 0 Å². The Balaban J connectivity index is 1.26. The maximum atomic E-state index is 13.1. The van der Waals surface area contributed by atoms with Crippen LogP contribution in [0.4, 0.5) is 0 Å². The zero-order chi connectivity index (χ0) is 20.5. The molecular weight excluding hydrogens is 378 g/mol. The number of aromatic amines is 1. The Labute approximate surface area is 176 Å². The van der Waals surface area contributed by atoms with Crippen molar-refractivity contribution in [1.82, 2.24) is 24.3 Å². The van der Waals surface area contributed by atoms with Gasteiger partial charge in [0, 0.05) is 68.5 Å². The van der Waals surface area contributed by atoms with Crippen LogP contribution in [0, 0.1) is 5.92 Å². The van der Waals surface area contributed by atoms with E-state index < -0.39 is 0 Å². The first kappa shape index (κ1) is 19.3. The number of para-hydroxylation sites is 1. The molecule has 2 aliphatic heterocycles. The van der Waals surface area contributed by atoms with Gasteiger partial charge in [-0.05, 0) is 18.1 Å². The van der Waals surface area contributed by atoms with Crippen molar-refractivity contribution in [3.8, 4) is 0 Å². The minimum absolute atomic E-state index is 0.214. The number of amides is 1. The van der Waals surface area contributed by atoms with Gasteiger partial charge in [-0.15, -0.1) is 0 Å². The first-order valence-corrected chi connectivity index (χ1v) is 10.8. The van der Waals surface area contributed by atoms with Gasteiger partial charge in [0.25, 0.3) is 0 Å². The highest BCUT2D eigenvalue weighted by atomic mass is 16.5. The SMILES string of the molecule is Cn1ccnc1CN1C[C@H]2COC[C@@H]1CN(C(=O)CCc1c[nH]c3ccccc13)C2. The van der Waals surface area contributed by atoms with Crippen molar-refractivity contribution in [2.45, 2.75) is 25.4 Å². The van der Waals surface area contributed by atoms with Crippen LogP contribution >= 0.6 is 0 Å². The minimum Gasteiger partial charge on any atom is -0.379 e. The Morgan fingerprint density at radius 2 is 2.13 bits per heavy atom. The lowest BCUT2D eigenvalue weighted by atomic mass is 10.1. The Bertz CT molecular complexity index is 1030. The number of hydrogen-bond acceptors (Lipinski definition) is 4. The molecule has 7 nitrogen and oxygen atoms in total. The van der Waals surface area contributed by atoms with E-state index in [2.05, 4.69) is 36.5 Å². The largest absolute Gasteiger partial charge is 0.379 e. The van der Waals surface area contributed by atoms with Gasteiger partial charge in [-0.1, -0.05) is 18.2 Å². The topological polar surface area (TPSA) is 66.4 Å². The molecule has 0 aliphatic carbocycles. The van der Waals surface area contributed by atoms with Gasteiger partial charge in [-0.25, -0.2) is 4.98 Å². The lowest BCUT2D eigenvalue weighted by Gasteiger charge is -2.31. The number of carbonyl (C=O) groups excluding carboxylic acids is 1. The van der Waals surface area contributed by atoms with Gasteiger partial charge in [0.2, 0.25) is 5.91 Å². The van der Waals surface area contributed by atoms with Crippen molar-refractivity contribution < 1.29 is 9.53 Å². The molecule has 5 rings (SSSR count). The number of aromatic nitrogens is 3. The molecule has 2 atom stereocenters. The molecule has 0 radical (unpaired) electrons. The van der Waals surface area contributed by atoms with E-state index in [0.29, 0.717) is 18.9 Å². The molecule has 1 amide bonds. The third kappa shape index (κ3) is 3.87. The maximum absolute atomic E-state index is 13.1. The standard InChI is InChI=1S/C23H29N5O2/c1-26-9-8-24-22(26)14-27-11-17-12-28(13-19(27)16-30-15-17)23(29)7-6-18-10-25-21-5-3-2-4-20(18)21/h2-5,8-10,17,19,25H,6-7,11-16H2,1H3/t17-,19+/m1/s1. The minimum atomic E-state index is 0.214. The Hall–Kier alpha value is -2.64. The van der Waals surface area contributed by atoms with E-state index in [1.54, 1.807) is 0 Å². The highest BCUT2D eigenvalue weighted by Gasteiger charge is 2.35. The lowest BCUT2D eigenvalue weighted by molar-refractivity contribution is -0.133. The van der Waals surface area contributed by atoms with Crippen molar-refractivity contribution in [2.75, 3.05) is 32.8 Å². The summed E-state index contributed by atoms with van der Waals surface area (Å²) in [5.74, 6) is 1.64. The third-order valence-electron chi connectivity index (χ3n) is 6.48. The summed E-state index contributed by atoms with van der Waals surface area (Å²) in [7, 11) is 2.03. The van der Waals surface area contributed by atoms with E-state index in [9.17, 15) is 4.79 Å². The van der Waals surface area contributed by atoms with Crippen LogP contribution in [0.25, 0.3) is 10.9 Å². The van der Waals surface area contributed by atoms with E-state index in [1.165, 1.54) is 10.9 Å². The molecule has 3 aromatic rings. The van der Waals surface area contributed by atoms with Crippen LogP contribution in [-0.4, -0.2) is 69.1 Å². The van der Waals surface area contributed by atoms with Gasteiger partial charge in [-0.3, -0.25) is 9.69 Å². The molecule has 0 saturated carbocycles. The molecule has 2 fully saturated rings. The van der Waals surface area contributed by atoms with Crippen LogP contribution in [0.2, 0.25) is 0 Å². The Morgan fingerprint density at radius 3 is 3.00 bits per heavy atom. The summed E-state index contributed by atoms with van der Waals surface area (Å²) in [5, 5.41) is 1.22. The van der Waals surface area contributed by atoms with E-state index in [1.807, 2.05) is 37.8 Å². The Morgan fingerprint density at radius 1 is 1.23 bits per heavy atom. The third-order valence-corrected chi connectivity index (χ3v) is 6.48. The fraction of sp³-hybridized carbons (Fsp3) is 0.478. The fourth-order valence-corrected chi connectivity index (χ4v) is 4.79. The first-order chi connectivity index (χ1) is 14.7. The van der Waals surface area contributed by atoms with Crippen molar-refractivity contribution in [1.29, 1.82) is 0 Å². The van der Waals surface area contributed by atoms with Gasteiger partial charge < -0.3 is 19.2 Å². The summed E-state index contributed by atoms with van der Waals surface area (Å²) >= 11 is 0. The molecule has 1 N–H and O–H groups in total. The number of H-pyrrole nitrogens is 1. The van der Waals surface area contributed by atoms with E-state index in [-0.39, 0.29) is 11.9 Å². The second-order valence-corrected chi connectivity index (χ2v) is 8.60. The number of hydrogen-bond donors (Lipinski definition) is 1. The van der Waals surface area contributed by atoms with E-state index >= 15 is 0 Å². The van der Waals surface area contributed by atoms with Crippen molar-refractivity contribution in [2.24, 2.45) is 13.0 Å². The van der Waals surface area contributed by atoms with Gasteiger partial charge in [0.15, 0.2) is 0 Å². The van der Waals surface area contributed by atoms with Crippen molar-refractivity contribution in [3.05, 3.63) is 54.2 Å². The molecular formula is C23H29N5O2. The molecule has 30 heavy (non-hydrogen) atoms. The predicted octanol–water partition coefficient (Wildman–Crippen LogP) is 2.19. The molecule has 1 aromatic carbocycles. The number of nitrogens with one attached hydrogen (secondary N) is 1. The van der Waals surface area contributed by atoms with Gasteiger partial charge in [0.1, 0.15) is 5.82 Å². The molecule has 2 aromatic heterocycles. The monoisotopic (exact) mass is 407 g/mol. The molecule has 2 aliphatic rings. The van der Waals surface area contributed by atoms with Crippen LogP contribution < -0.4 is 0 Å². The Kier molecular flexibility index (Phi) is 5.31. The first-order valence-electron chi connectivity index (χ1n) is 10.8. The van der Waals surface area contributed by atoms with Crippen LogP contribution in [0.5, 0.6) is 0 Å². The summed E-state index contributed by atoms with van der Waals surface area (Å²) < 4.78 is 7.99. The second kappa shape index (κ2) is 8.24. The molecule has 2 saturated heterocycles.